The summed E-state index contributed by atoms with van der Waals surface area (Å²) in [5.41, 5.74) is 3.56. The van der Waals surface area contributed by atoms with Crippen molar-refractivity contribution in [2.24, 2.45) is 5.92 Å². The maximum atomic E-state index is 13.1. The summed E-state index contributed by atoms with van der Waals surface area (Å²) in [5, 5.41) is 3.63. The van der Waals surface area contributed by atoms with Gasteiger partial charge in [0, 0.05) is 12.1 Å². The zero-order valence-electron chi connectivity index (χ0n) is 11.8. The van der Waals surface area contributed by atoms with Crippen LogP contribution in [0.4, 0.5) is 10.1 Å². The van der Waals surface area contributed by atoms with E-state index in [-0.39, 0.29) is 11.9 Å². The molecular weight excluding hydrogens is 265 g/mol. The number of ether oxygens (including phenoxy) is 1. The fourth-order valence-corrected chi connectivity index (χ4v) is 3.03. The van der Waals surface area contributed by atoms with Gasteiger partial charge in [0.05, 0.1) is 12.6 Å². The average Bonchev–Trinajstić information content (AvgIpc) is 3.23. The highest BCUT2D eigenvalue weighted by molar-refractivity contribution is 5.54. The van der Waals surface area contributed by atoms with Crippen molar-refractivity contribution in [2.75, 3.05) is 11.9 Å². The maximum Gasteiger partial charge on any atom is 0.123 e. The summed E-state index contributed by atoms with van der Waals surface area (Å²) in [4.78, 5) is 0. The summed E-state index contributed by atoms with van der Waals surface area (Å²) in [7, 11) is 0. The van der Waals surface area contributed by atoms with Crippen molar-refractivity contribution in [3.8, 4) is 5.75 Å². The van der Waals surface area contributed by atoms with Crippen molar-refractivity contribution in [3.63, 3.8) is 0 Å². The standard InChI is InChI=1S/C18H18FNO/c19-15-5-3-13(4-6-15)18(12-1-2-12)20-16-7-8-17-14(11-16)9-10-21-17/h3-8,11-12,18,20H,1-2,9-10H2. The molecule has 1 unspecified atom stereocenters. The lowest BCUT2D eigenvalue weighted by atomic mass is 10.0. The van der Waals surface area contributed by atoms with Crippen LogP contribution in [0.1, 0.15) is 30.0 Å². The molecule has 2 nitrogen and oxygen atoms in total. The Labute approximate surface area is 123 Å². The van der Waals surface area contributed by atoms with Crippen molar-refractivity contribution < 1.29 is 9.13 Å². The lowest BCUT2D eigenvalue weighted by molar-refractivity contribution is 0.357. The molecule has 1 atom stereocenters. The van der Waals surface area contributed by atoms with Crippen LogP contribution < -0.4 is 10.1 Å². The zero-order valence-corrected chi connectivity index (χ0v) is 11.8. The number of nitrogens with one attached hydrogen (secondary N) is 1. The van der Waals surface area contributed by atoms with Crippen LogP contribution in [0.3, 0.4) is 0 Å². The number of rotatable bonds is 4. The Morgan fingerprint density at radius 2 is 1.90 bits per heavy atom. The molecule has 108 valence electrons. The summed E-state index contributed by atoms with van der Waals surface area (Å²) in [6.45, 7) is 0.781. The predicted molar refractivity (Wildman–Crippen MR) is 81.1 cm³/mol. The normalized spacial score (nSPS) is 18.0. The second kappa shape index (κ2) is 5.06. The molecule has 1 saturated carbocycles. The molecule has 1 N–H and O–H groups in total. The summed E-state index contributed by atoms with van der Waals surface area (Å²) >= 11 is 0. The van der Waals surface area contributed by atoms with Crippen LogP contribution >= 0.6 is 0 Å². The smallest absolute Gasteiger partial charge is 0.123 e. The first kappa shape index (κ1) is 12.7. The van der Waals surface area contributed by atoms with Gasteiger partial charge in [-0.1, -0.05) is 12.1 Å². The molecule has 1 fully saturated rings. The largest absolute Gasteiger partial charge is 0.493 e. The third kappa shape index (κ3) is 2.60. The van der Waals surface area contributed by atoms with Gasteiger partial charge in [0.2, 0.25) is 0 Å². The number of hydrogen-bond acceptors (Lipinski definition) is 2. The van der Waals surface area contributed by atoms with E-state index in [4.69, 9.17) is 4.74 Å². The quantitative estimate of drug-likeness (QED) is 0.902. The van der Waals surface area contributed by atoms with E-state index in [1.165, 1.54) is 18.4 Å². The first-order chi connectivity index (χ1) is 10.3. The van der Waals surface area contributed by atoms with Crippen molar-refractivity contribution >= 4 is 5.69 Å². The molecule has 0 radical (unpaired) electrons. The number of anilines is 1. The zero-order chi connectivity index (χ0) is 14.2. The van der Waals surface area contributed by atoms with Gasteiger partial charge in [-0.15, -0.1) is 0 Å². The first-order valence-electron chi connectivity index (χ1n) is 7.57. The Balaban J connectivity index is 1.59. The van der Waals surface area contributed by atoms with E-state index in [0.29, 0.717) is 5.92 Å². The van der Waals surface area contributed by atoms with Crippen LogP contribution in [-0.4, -0.2) is 6.61 Å². The number of fused-ring (bicyclic) bond motifs is 1. The highest BCUT2D eigenvalue weighted by Gasteiger charge is 2.32. The van der Waals surface area contributed by atoms with E-state index in [9.17, 15) is 4.39 Å². The Kier molecular flexibility index (Phi) is 3.06. The van der Waals surface area contributed by atoms with Crippen molar-refractivity contribution in [1.29, 1.82) is 0 Å². The van der Waals surface area contributed by atoms with Crippen molar-refractivity contribution in [3.05, 3.63) is 59.4 Å². The number of halogens is 1. The van der Waals surface area contributed by atoms with E-state index >= 15 is 0 Å². The van der Waals surface area contributed by atoms with Gasteiger partial charge in [0.25, 0.3) is 0 Å². The Morgan fingerprint density at radius 1 is 1.10 bits per heavy atom. The molecular formula is C18H18FNO. The summed E-state index contributed by atoms with van der Waals surface area (Å²) in [6, 6.07) is 13.4. The van der Waals surface area contributed by atoms with E-state index in [0.717, 1.165) is 30.0 Å². The maximum absolute atomic E-state index is 13.1. The van der Waals surface area contributed by atoms with Crippen LogP contribution in [0.5, 0.6) is 5.75 Å². The first-order valence-corrected chi connectivity index (χ1v) is 7.57. The highest BCUT2D eigenvalue weighted by atomic mass is 19.1. The predicted octanol–water partition coefficient (Wildman–Crippen LogP) is 4.32. The average molecular weight is 283 g/mol. The lowest BCUT2D eigenvalue weighted by Crippen LogP contribution is -2.13. The van der Waals surface area contributed by atoms with Crippen LogP contribution in [-0.2, 0) is 6.42 Å². The van der Waals surface area contributed by atoms with Gasteiger partial charge in [0.1, 0.15) is 11.6 Å². The summed E-state index contributed by atoms with van der Waals surface area (Å²) in [6.07, 6.45) is 3.46. The fraction of sp³-hybridized carbons (Fsp3) is 0.333. The molecule has 0 bridgehead atoms. The molecule has 1 aliphatic carbocycles. The second-order valence-electron chi connectivity index (χ2n) is 5.93. The third-order valence-corrected chi connectivity index (χ3v) is 4.33. The van der Waals surface area contributed by atoms with Gasteiger partial charge in [-0.3, -0.25) is 0 Å². The van der Waals surface area contributed by atoms with Crippen LogP contribution in [0.25, 0.3) is 0 Å². The molecule has 21 heavy (non-hydrogen) atoms. The van der Waals surface area contributed by atoms with Crippen LogP contribution in [0, 0.1) is 11.7 Å². The lowest BCUT2D eigenvalue weighted by Gasteiger charge is -2.20. The minimum atomic E-state index is -0.178. The number of benzene rings is 2. The summed E-state index contributed by atoms with van der Waals surface area (Å²) in [5.74, 6) is 1.48. The van der Waals surface area contributed by atoms with Crippen LogP contribution in [0.2, 0.25) is 0 Å². The van der Waals surface area contributed by atoms with Gasteiger partial charge in [-0.25, -0.2) is 4.39 Å². The number of hydrogen-bond donors (Lipinski definition) is 1. The van der Waals surface area contributed by atoms with Gasteiger partial charge in [0.15, 0.2) is 0 Å². The molecule has 0 aromatic heterocycles. The molecule has 2 aromatic rings. The van der Waals surface area contributed by atoms with E-state index in [2.05, 4.69) is 17.4 Å². The SMILES string of the molecule is Fc1ccc(C(Nc2ccc3c(c2)CCO3)C2CC2)cc1. The van der Waals surface area contributed by atoms with Crippen molar-refractivity contribution in [1.82, 2.24) is 0 Å². The molecule has 2 aliphatic rings. The van der Waals surface area contributed by atoms with E-state index < -0.39 is 0 Å². The van der Waals surface area contributed by atoms with E-state index in [1.54, 1.807) is 12.1 Å². The minimum Gasteiger partial charge on any atom is -0.493 e. The van der Waals surface area contributed by atoms with Gasteiger partial charge in [-0.05, 0) is 60.2 Å². The summed E-state index contributed by atoms with van der Waals surface area (Å²) < 4.78 is 18.7. The molecule has 0 spiro atoms. The monoisotopic (exact) mass is 283 g/mol. The van der Waals surface area contributed by atoms with Gasteiger partial charge in [-0.2, -0.15) is 0 Å². The molecule has 3 heteroatoms. The molecule has 1 aliphatic heterocycles. The minimum absolute atomic E-state index is 0.178. The van der Waals surface area contributed by atoms with E-state index in [1.807, 2.05) is 18.2 Å². The topological polar surface area (TPSA) is 21.3 Å². The second-order valence-corrected chi connectivity index (χ2v) is 5.93. The molecule has 1 heterocycles. The Bertz CT molecular complexity index is 649. The molecule has 2 aromatic carbocycles. The van der Waals surface area contributed by atoms with Crippen molar-refractivity contribution in [2.45, 2.75) is 25.3 Å². The molecule has 0 amide bonds. The molecule has 4 rings (SSSR count). The fourth-order valence-electron chi connectivity index (χ4n) is 3.03. The van der Waals surface area contributed by atoms with Gasteiger partial charge < -0.3 is 10.1 Å². The van der Waals surface area contributed by atoms with Gasteiger partial charge >= 0.3 is 0 Å². The van der Waals surface area contributed by atoms with Crippen LogP contribution in [0.15, 0.2) is 42.5 Å². The Morgan fingerprint density at radius 3 is 2.67 bits per heavy atom. The molecule has 0 saturated heterocycles. The highest BCUT2D eigenvalue weighted by Crippen LogP contribution is 2.43. The Hall–Kier alpha value is -2.03. The third-order valence-electron chi connectivity index (χ3n) is 4.33.